The van der Waals surface area contributed by atoms with Gasteiger partial charge in [0.25, 0.3) is 0 Å². The first-order valence-corrected chi connectivity index (χ1v) is 5.88. The topological polar surface area (TPSA) is 60.0 Å². The van der Waals surface area contributed by atoms with Crippen molar-refractivity contribution < 1.29 is 0 Å². The van der Waals surface area contributed by atoms with Crippen LogP contribution in [0.2, 0.25) is 0 Å². The van der Waals surface area contributed by atoms with E-state index in [4.69, 9.17) is 5.73 Å². The summed E-state index contributed by atoms with van der Waals surface area (Å²) in [6.45, 7) is 10.9. The Labute approximate surface area is 97.6 Å². The first kappa shape index (κ1) is 13.1. The fraction of sp³-hybridized carbons (Fsp3) is 0.818. The summed E-state index contributed by atoms with van der Waals surface area (Å²) in [5.41, 5.74) is 5.61. The highest BCUT2D eigenvalue weighted by Gasteiger charge is 2.14. The van der Waals surface area contributed by atoms with Crippen LogP contribution in [0.25, 0.3) is 0 Å². The maximum atomic E-state index is 5.61. The van der Waals surface area contributed by atoms with Crippen molar-refractivity contribution >= 4 is 0 Å². The molecule has 0 saturated heterocycles. The molecule has 1 rings (SSSR count). The van der Waals surface area contributed by atoms with Gasteiger partial charge >= 0.3 is 0 Å². The summed E-state index contributed by atoms with van der Waals surface area (Å²) in [5.74, 6) is 1.01. The van der Waals surface area contributed by atoms with Crippen LogP contribution in [0, 0.1) is 0 Å². The largest absolute Gasteiger partial charge is 0.329 e. The van der Waals surface area contributed by atoms with Crippen LogP contribution in [0.15, 0.2) is 6.33 Å². The molecule has 92 valence electrons. The zero-order valence-corrected chi connectivity index (χ0v) is 10.7. The number of nitrogens with zero attached hydrogens (tertiary/aromatic N) is 4. The predicted molar refractivity (Wildman–Crippen MR) is 65.0 cm³/mol. The van der Waals surface area contributed by atoms with Crippen molar-refractivity contribution in [3.63, 3.8) is 0 Å². The summed E-state index contributed by atoms with van der Waals surface area (Å²) in [4.78, 5) is 6.62. The Morgan fingerprint density at radius 2 is 2.06 bits per heavy atom. The van der Waals surface area contributed by atoms with Crippen molar-refractivity contribution in [1.29, 1.82) is 0 Å². The van der Waals surface area contributed by atoms with E-state index in [1.54, 1.807) is 6.33 Å². The Morgan fingerprint density at radius 1 is 1.38 bits per heavy atom. The average molecular weight is 225 g/mol. The Bertz CT molecular complexity index is 305. The highest BCUT2D eigenvalue weighted by Crippen LogP contribution is 2.09. The molecular weight excluding hydrogens is 202 g/mol. The number of hydrogen-bond donors (Lipinski definition) is 1. The summed E-state index contributed by atoms with van der Waals surface area (Å²) in [6.07, 6.45) is 1.62. The van der Waals surface area contributed by atoms with Gasteiger partial charge in [-0.25, -0.2) is 9.67 Å². The summed E-state index contributed by atoms with van der Waals surface area (Å²) >= 11 is 0. The Balaban J connectivity index is 2.73. The lowest BCUT2D eigenvalue weighted by Crippen LogP contribution is -2.35. The summed E-state index contributed by atoms with van der Waals surface area (Å²) in [7, 11) is 0. The predicted octanol–water partition coefficient (Wildman–Crippen LogP) is 1.03. The molecule has 5 heteroatoms. The van der Waals surface area contributed by atoms with Gasteiger partial charge in [-0.15, -0.1) is 0 Å². The highest BCUT2D eigenvalue weighted by molar-refractivity contribution is 4.87. The van der Waals surface area contributed by atoms with Crippen molar-refractivity contribution in [2.75, 3.05) is 13.1 Å². The standard InChI is InChI=1S/C11H23N5/c1-9(2)15(6-5-12)7-11-13-8-14-16(11)10(3)4/h8-10H,5-7,12H2,1-4H3. The molecule has 0 amide bonds. The van der Waals surface area contributed by atoms with Crippen LogP contribution in [0.3, 0.4) is 0 Å². The van der Waals surface area contributed by atoms with E-state index in [1.165, 1.54) is 0 Å². The second-order valence-corrected chi connectivity index (χ2v) is 4.57. The second kappa shape index (κ2) is 5.96. The first-order chi connectivity index (χ1) is 7.56. The van der Waals surface area contributed by atoms with Crippen LogP contribution in [0.5, 0.6) is 0 Å². The van der Waals surface area contributed by atoms with Crippen LogP contribution in [0.1, 0.15) is 39.6 Å². The number of rotatable bonds is 6. The fourth-order valence-electron chi connectivity index (χ4n) is 1.69. The molecular formula is C11H23N5. The molecule has 0 aromatic carbocycles. The molecule has 0 fully saturated rings. The lowest BCUT2D eigenvalue weighted by atomic mass is 10.3. The molecule has 0 radical (unpaired) electrons. The van der Waals surface area contributed by atoms with Gasteiger partial charge in [0, 0.05) is 25.2 Å². The molecule has 5 nitrogen and oxygen atoms in total. The normalized spacial score (nSPS) is 12.0. The zero-order valence-electron chi connectivity index (χ0n) is 10.7. The lowest BCUT2D eigenvalue weighted by molar-refractivity contribution is 0.208. The third kappa shape index (κ3) is 3.28. The van der Waals surface area contributed by atoms with Gasteiger partial charge in [-0.05, 0) is 27.7 Å². The monoisotopic (exact) mass is 225 g/mol. The Kier molecular flexibility index (Phi) is 4.89. The van der Waals surface area contributed by atoms with Crippen LogP contribution in [-0.4, -0.2) is 38.8 Å². The van der Waals surface area contributed by atoms with Crippen molar-refractivity contribution in [3.05, 3.63) is 12.2 Å². The van der Waals surface area contributed by atoms with E-state index >= 15 is 0 Å². The van der Waals surface area contributed by atoms with E-state index in [9.17, 15) is 0 Å². The van der Waals surface area contributed by atoms with Gasteiger partial charge in [-0.1, -0.05) is 0 Å². The third-order valence-corrected chi connectivity index (χ3v) is 2.63. The summed E-state index contributed by atoms with van der Waals surface area (Å²) < 4.78 is 1.96. The molecule has 1 aromatic heterocycles. The van der Waals surface area contributed by atoms with E-state index in [-0.39, 0.29) is 0 Å². The summed E-state index contributed by atoms with van der Waals surface area (Å²) in [6, 6.07) is 0.824. The van der Waals surface area contributed by atoms with Crippen molar-refractivity contribution in [2.24, 2.45) is 5.73 Å². The number of nitrogens with two attached hydrogens (primary N) is 1. The Morgan fingerprint density at radius 3 is 2.56 bits per heavy atom. The van der Waals surface area contributed by atoms with Gasteiger partial charge in [0.1, 0.15) is 12.2 Å². The molecule has 1 aromatic rings. The first-order valence-electron chi connectivity index (χ1n) is 5.88. The minimum atomic E-state index is 0.351. The third-order valence-electron chi connectivity index (χ3n) is 2.63. The molecule has 0 atom stereocenters. The SMILES string of the molecule is CC(C)N(CCN)Cc1ncnn1C(C)C. The van der Waals surface area contributed by atoms with Gasteiger partial charge in [0.15, 0.2) is 0 Å². The minimum Gasteiger partial charge on any atom is -0.329 e. The molecule has 0 aliphatic rings. The lowest BCUT2D eigenvalue weighted by Gasteiger charge is -2.25. The smallest absolute Gasteiger partial charge is 0.141 e. The highest BCUT2D eigenvalue weighted by atomic mass is 15.4. The molecule has 0 bridgehead atoms. The van der Waals surface area contributed by atoms with Crippen LogP contribution in [0.4, 0.5) is 0 Å². The average Bonchev–Trinajstić information content (AvgIpc) is 2.65. The maximum absolute atomic E-state index is 5.61. The van der Waals surface area contributed by atoms with E-state index in [0.29, 0.717) is 18.6 Å². The molecule has 0 aliphatic heterocycles. The van der Waals surface area contributed by atoms with Gasteiger partial charge in [-0.3, -0.25) is 4.90 Å². The quantitative estimate of drug-likeness (QED) is 0.785. The van der Waals surface area contributed by atoms with Crippen molar-refractivity contribution in [3.8, 4) is 0 Å². The Hall–Kier alpha value is -0.940. The van der Waals surface area contributed by atoms with Gasteiger partial charge < -0.3 is 5.73 Å². The van der Waals surface area contributed by atoms with Crippen LogP contribution in [-0.2, 0) is 6.54 Å². The second-order valence-electron chi connectivity index (χ2n) is 4.57. The van der Waals surface area contributed by atoms with Crippen molar-refractivity contribution in [2.45, 2.75) is 46.3 Å². The summed E-state index contributed by atoms with van der Waals surface area (Å²) in [5, 5.41) is 4.24. The number of hydrogen-bond acceptors (Lipinski definition) is 4. The van der Waals surface area contributed by atoms with Gasteiger partial charge in [0.05, 0.1) is 6.54 Å². The van der Waals surface area contributed by atoms with Gasteiger partial charge in [0.2, 0.25) is 0 Å². The van der Waals surface area contributed by atoms with Crippen molar-refractivity contribution in [1.82, 2.24) is 19.7 Å². The van der Waals surface area contributed by atoms with E-state index in [0.717, 1.165) is 18.9 Å². The molecule has 2 N–H and O–H groups in total. The molecule has 0 spiro atoms. The van der Waals surface area contributed by atoms with Crippen LogP contribution >= 0.6 is 0 Å². The van der Waals surface area contributed by atoms with Crippen LogP contribution < -0.4 is 5.73 Å². The molecule has 0 unspecified atom stereocenters. The van der Waals surface area contributed by atoms with E-state index in [1.807, 2.05) is 4.68 Å². The molecule has 16 heavy (non-hydrogen) atoms. The molecule has 0 aliphatic carbocycles. The van der Waals surface area contributed by atoms with E-state index < -0.39 is 0 Å². The van der Waals surface area contributed by atoms with E-state index in [2.05, 4.69) is 42.7 Å². The number of aromatic nitrogens is 3. The molecule has 0 saturated carbocycles. The minimum absolute atomic E-state index is 0.351. The zero-order chi connectivity index (χ0) is 12.1. The molecule has 1 heterocycles. The maximum Gasteiger partial charge on any atom is 0.141 e. The fourth-order valence-corrected chi connectivity index (χ4v) is 1.69. The van der Waals surface area contributed by atoms with Gasteiger partial charge in [-0.2, -0.15) is 5.10 Å².